The van der Waals surface area contributed by atoms with E-state index in [2.05, 4.69) is 9.88 Å². The predicted octanol–water partition coefficient (Wildman–Crippen LogP) is 3.73. The number of piperidine rings is 1. The van der Waals surface area contributed by atoms with Gasteiger partial charge in [-0.15, -0.1) is 0 Å². The Bertz CT molecular complexity index is 666. The molecule has 1 aliphatic heterocycles. The summed E-state index contributed by atoms with van der Waals surface area (Å²) in [7, 11) is 0. The molecule has 2 heterocycles. The minimum absolute atomic E-state index is 0.000197. The number of amides is 1. The quantitative estimate of drug-likeness (QED) is 0.841. The monoisotopic (exact) mass is 323 g/mol. The number of carbonyl (C=O) groups excluding carboxylic acids is 1. The highest BCUT2D eigenvalue weighted by Crippen LogP contribution is 2.20. The molecule has 3 rings (SSSR count). The Morgan fingerprint density at radius 1 is 1.12 bits per heavy atom. The molecule has 1 aromatic heterocycles. The summed E-state index contributed by atoms with van der Waals surface area (Å²) in [5.41, 5.74) is 2.79. The number of pyridine rings is 1. The predicted molar refractivity (Wildman–Crippen MR) is 97.2 cm³/mol. The molecular formula is C20H25N3O. The van der Waals surface area contributed by atoms with Crippen molar-refractivity contribution in [2.45, 2.75) is 32.7 Å². The SMILES string of the molecule is CCN(Cc1ccccc1)C(=O)c1cc(N2CCCCC2)ccn1. The fourth-order valence-corrected chi connectivity index (χ4v) is 3.18. The molecule has 126 valence electrons. The van der Waals surface area contributed by atoms with Crippen molar-refractivity contribution in [3.8, 4) is 0 Å². The first kappa shape index (κ1) is 16.5. The maximum atomic E-state index is 12.9. The largest absolute Gasteiger partial charge is 0.371 e. The number of anilines is 1. The van der Waals surface area contributed by atoms with Crippen molar-refractivity contribution in [2.75, 3.05) is 24.5 Å². The maximum absolute atomic E-state index is 12.9. The van der Waals surface area contributed by atoms with Crippen molar-refractivity contribution in [3.63, 3.8) is 0 Å². The lowest BCUT2D eigenvalue weighted by atomic mass is 10.1. The second kappa shape index (κ2) is 7.95. The zero-order valence-electron chi connectivity index (χ0n) is 14.3. The van der Waals surface area contributed by atoms with Gasteiger partial charge in [-0.2, -0.15) is 0 Å². The summed E-state index contributed by atoms with van der Waals surface area (Å²) in [6, 6.07) is 14.1. The molecule has 24 heavy (non-hydrogen) atoms. The van der Waals surface area contributed by atoms with Crippen LogP contribution < -0.4 is 4.90 Å². The van der Waals surface area contributed by atoms with E-state index in [1.165, 1.54) is 19.3 Å². The average Bonchev–Trinajstić information content (AvgIpc) is 2.67. The molecule has 0 aliphatic carbocycles. The van der Waals surface area contributed by atoms with Crippen LogP contribution >= 0.6 is 0 Å². The van der Waals surface area contributed by atoms with Crippen molar-refractivity contribution >= 4 is 11.6 Å². The molecule has 1 aliphatic rings. The number of hydrogen-bond donors (Lipinski definition) is 0. The van der Waals surface area contributed by atoms with E-state index in [1.54, 1.807) is 6.20 Å². The van der Waals surface area contributed by atoms with E-state index in [0.29, 0.717) is 18.8 Å². The molecule has 4 nitrogen and oxygen atoms in total. The van der Waals surface area contributed by atoms with Crippen LogP contribution in [0, 0.1) is 0 Å². The third kappa shape index (κ3) is 3.94. The van der Waals surface area contributed by atoms with Crippen molar-refractivity contribution in [1.29, 1.82) is 0 Å². The van der Waals surface area contributed by atoms with E-state index in [0.717, 1.165) is 24.3 Å². The third-order valence-corrected chi connectivity index (χ3v) is 4.57. The standard InChI is InChI=1S/C20H25N3O/c1-2-22(16-17-9-5-3-6-10-17)20(24)19-15-18(11-12-21-19)23-13-7-4-8-14-23/h3,5-6,9-12,15H,2,4,7-8,13-14,16H2,1H3. The third-order valence-electron chi connectivity index (χ3n) is 4.57. The molecule has 0 bridgehead atoms. The van der Waals surface area contributed by atoms with Gasteiger partial charge in [0.05, 0.1) is 0 Å². The van der Waals surface area contributed by atoms with E-state index < -0.39 is 0 Å². The lowest BCUT2D eigenvalue weighted by Gasteiger charge is -2.29. The lowest BCUT2D eigenvalue weighted by Crippen LogP contribution is -2.32. The molecule has 0 saturated carbocycles. The van der Waals surface area contributed by atoms with Crippen LogP contribution in [0.4, 0.5) is 5.69 Å². The van der Waals surface area contributed by atoms with Crippen LogP contribution in [0.2, 0.25) is 0 Å². The van der Waals surface area contributed by atoms with E-state index in [1.807, 2.05) is 54.3 Å². The minimum Gasteiger partial charge on any atom is -0.371 e. The number of rotatable bonds is 5. The van der Waals surface area contributed by atoms with Crippen LogP contribution in [0.15, 0.2) is 48.7 Å². The van der Waals surface area contributed by atoms with Gasteiger partial charge in [-0.3, -0.25) is 9.78 Å². The van der Waals surface area contributed by atoms with Gasteiger partial charge in [-0.05, 0) is 43.9 Å². The van der Waals surface area contributed by atoms with Crippen LogP contribution in [0.1, 0.15) is 42.2 Å². The molecule has 0 N–H and O–H groups in total. The fraction of sp³-hybridized carbons (Fsp3) is 0.400. The molecule has 2 aromatic rings. The summed E-state index contributed by atoms with van der Waals surface area (Å²) in [6.45, 7) is 5.43. The molecular weight excluding hydrogens is 298 g/mol. The van der Waals surface area contributed by atoms with Crippen molar-refractivity contribution in [2.24, 2.45) is 0 Å². The fourth-order valence-electron chi connectivity index (χ4n) is 3.18. The van der Waals surface area contributed by atoms with Crippen LogP contribution in [0.25, 0.3) is 0 Å². The van der Waals surface area contributed by atoms with E-state index in [4.69, 9.17) is 0 Å². The highest BCUT2D eigenvalue weighted by Gasteiger charge is 2.18. The van der Waals surface area contributed by atoms with Crippen LogP contribution in [0.5, 0.6) is 0 Å². The first-order valence-corrected chi connectivity index (χ1v) is 8.82. The second-order valence-corrected chi connectivity index (χ2v) is 6.25. The Labute approximate surface area is 144 Å². The molecule has 1 amide bonds. The Balaban J connectivity index is 1.75. The topological polar surface area (TPSA) is 36.4 Å². The van der Waals surface area contributed by atoms with Gasteiger partial charge in [0.1, 0.15) is 5.69 Å². The smallest absolute Gasteiger partial charge is 0.272 e. The summed E-state index contributed by atoms with van der Waals surface area (Å²) < 4.78 is 0. The van der Waals surface area contributed by atoms with Gasteiger partial charge in [-0.25, -0.2) is 0 Å². The Morgan fingerprint density at radius 2 is 1.88 bits per heavy atom. The number of carbonyl (C=O) groups is 1. The first-order chi connectivity index (χ1) is 11.8. The van der Waals surface area contributed by atoms with Crippen LogP contribution in [-0.2, 0) is 6.54 Å². The van der Waals surface area contributed by atoms with Gasteiger partial charge >= 0.3 is 0 Å². The number of aromatic nitrogens is 1. The van der Waals surface area contributed by atoms with Crippen LogP contribution in [-0.4, -0.2) is 35.4 Å². The molecule has 1 saturated heterocycles. The Kier molecular flexibility index (Phi) is 5.47. The van der Waals surface area contributed by atoms with Crippen molar-refractivity contribution < 1.29 is 4.79 Å². The van der Waals surface area contributed by atoms with E-state index >= 15 is 0 Å². The first-order valence-electron chi connectivity index (χ1n) is 8.82. The van der Waals surface area contributed by atoms with Crippen molar-refractivity contribution in [3.05, 3.63) is 59.9 Å². The van der Waals surface area contributed by atoms with E-state index in [-0.39, 0.29) is 5.91 Å². The molecule has 0 unspecified atom stereocenters. The zero-order chi connectivity index (χ0) is 16.8. The zero-order valence-corrected chi connectivity index (χ0v) is 14.3. The van der Waals surface area contributed by atoms with Crippen LogP contribution in [0.3, 0.4) is 0 Å². The van der Waals surface area contributed by atoms with Gasteiger partial charge < -0.3 is 9.80 Å². The van der Waals surface area contributed by atoms with Gasteiger partial charge in [0, 0.05) is 38.1 Å². The Hall–Kier alpha value is -2.36. The highest BCUT2D eigenvalue weighted by molar-refractivity contribution is 5.93. The van der Waals surface area contributed by atoms with Gasteiger partial charge in [-0.1, -0.05) is 30.3 Å². The summed E-state index contributed by atoms with van der Waals surface area (Å²) in [5, 5.41) is 0. The van der Waals surface area contributed by atoms with Gasteiger partial charge in [0.15, 0.2) is 0 Å². The Morgan fingerprint density at radius 3 is 2.58 bits per heavy atom. The molecule has 1 fully saturated rings. The molecule has 0 spiro atoms. The summed E-state index contributed by atoms with van der Waals surface area (Å²) in [6.07, 6.45) is 5.50. The molecule has 0 radical (unpaired) electrons. The number of nitrogens with zero attached hydrogens (tertiary/aromatic N) is 3. The average molecular weight is 323 g/mol. The normalized spacial score (nSPS) is 14.5. The molecule has 1 aromatic carbocycles. The van der Waals surface area contributed by atoms with Gasteiger partial charge in [0.2, 0.25) is 0 Å². The molecule has 4 heteroatoms. The van der Waals surface area contributed by atoms with Crippen molar-refractivity contribution in [1.82, 2.24) is 9.88 Å². The van der Waals surface area contributed by atoms with Gasteiger partial charge in [0.25, 0.3) is 5.91 Å². The molecule has 0 atom stereocenters. The summed E-state index contributed by atoms with van der Waals surface area (Å²) >= 11 is 0. The maximum Gasteiger partial charge on any atom is 0.272 e. The summed E-state index contributed by atoms with van der Waals surface area (Å²) in [4.78, 5) is 21.4. The lowest BCUT2D eigenvalue weighted by molar-refractivity contribution is 0.0746. The second-order valence-electron chi connectivity index (χ2n) is 6.25. The minimum atomic E-state index is 0.000197. The summed E-state index contributed by atoms with van der Waals surface area (Å²) in [5.74, 6) is 0.000197. The number of benzene rings is 1. The van der Waals surface area contributed by atoms with E-state index in [9.17, 15) is 4.79 Å². The highest BCUT2D eigenvalue weighted by atomic mass is 16.2. The number of hydrogen-bond acceptors (Lipinski definition) is 3.